The minimum atomic E-state index is -0.244. The van der Waals surface area contributed by atoms with E-state index < -0.39 is 0 Å². The molecule has 2 rings (SSSR count). The predicted molar refractivity (Wildman–Crippen MR) is 100 cm³/mol. The zero-order valence-corrected chi connectivity index (χ0v) is 15.2. The Morgan fingerprint density at radius 2 is 1.96 bits per heavy atom. The molecular weight excluding hydrogens is 362 g/mol. The lowest BCUT2D eigenvalue weighted by molar-refractivity contribution is -0.116. The van der Waals surface area contributed by atoms with Crippen molar-refractivity contribution < 1.29 is 14.4 Å². The Morgan fingerprint density at radius 1 is 1.16 bits per heavy atom. The van der Waals surface area contributed by atoms with Gasteiger partial charge in [0.2, 0.25) is 11.8 Å². The fourth-order valence-corrected chi connectivity index (χ4v) is 2.86. The fourth-order valence-electron chi connectivity index (χ4n) is 2.06. The number of carbonyl (C=O) groups is 3. The molecule has 0 aliphatic carbocycles. The van der Waals surface area contributed by atoms with E-state index in [1.165, 1.54) is 18.3 Å². The SMILES string of the molecule is CC(=O)Nc1cc(NC(=O)CCCNC(=O)c2cccs2)ccc1Cl. The number of rotatable bonds is 7. The van der Waals surface area contributed by atoms with Gasteiger partial charge in [0.25, 0.3) is 5.91 Å². The van der Waals surface area contributed by atoms with Gasteiger partial charge in [-0.15, -0.1) is 11.3 Å². The molecule has 0 radical (unpaired) electrons. The number of nitrogens with one attached hydrogen (secondary N) is 3. The Morgan fingerprint density at radius 3 is 2.64 bits per heavy atom. The van der Waals surface area contributed by atoms with Crippen molar-refractivity contribution in [3.05, 3.63) is 45.6 Å². The van der Waals surface area contributed by atoms with Crippen molar-refractivity contribution in [3.8, 4) is 0 Å². The van der Waals surface area contributed by atoms with Crippen LogP contribution in [0, 0.1) is 0 Å². The molecule has 8 heteroatoms. The molecule has 0 saturated carbocycles. The summed E-state index contributed by atoms with van der Waals surface area (Å²) < 4.78 is 0. The first-order chi connectivity index (χ1) is 12.0. The van der Waals surface area contributed by atoms with Crippen LogP contribution in [-0.2, 0) is 9.59 Å². The Labute approximate surface area is 154 Å². The highest BCUT2D eigenvalue weighted by Gasteiger charge is 2.08. The van der Waals surface area contributed by atoms with Gasteiger partial charge in [0.05, 0.1) is 15.6 Å². The summed E-state index contributed by atoms with van der Waals surface area (Å²) in [7, 11) is 0. The van der Waals surface area contributed by atoms with Gasteiger partial charge in [-0.1, -0.05) is 17.7 Å². The molecule has 3 N–H and O–H groups in total. The first-order valence-corrected chi connectivity index (χ1v) is 8.90. The highest BCUT2D eigenvalue weighted by molar-refractivity contribution is 7.12. The van der Waals surface area contributed by atoms with Crippen molar-refractivity contribution >= 4 is 52.0 Å². The average molecular weight is 380 g/mol. The zero-order valence-electron chi connectivity index (χ0n) is 13.6. The van der Waals surface area contributed by atoms with Gasteiger partial charge in [-0.05, 0) is 36.1 Å². The van der Waals surface area contributed by atoms with Crippen LogP contribution in [0.3, 0.4) is 0 Å². The van der Waals surface area contributed by atoms with E-state index in [1.807, 2.05) is 11.4 Å². The monoisotopic (exact) mass is 379 g/mol. The lowest BCUT2D eigenvalue weighted by atomic mass is 10.2. The molecule has 0 bridgehead atoms. The number of thiophene rings is 1. The van der Waals surface area contributed by atoms with Gasteiger partial charge in [-0.2, -0.15) is 0 Å². The molecule has 0 saturated heterocycles. The van der Waals surface area contributed by atoms with Crippen LogP contribution in [-0.4, -0.2) is 24.3 Å². The van der Waals surface area contributed by atoms with Crippen molar-refractivity contribution in [1.82, 2.24) is 5.32 Å². The normalized spacial score (nSPS) is 10.2. The molecule has 2 aromatic rings. The summed E-state index contributed by atoms with van der Waals surface area (Å²) in [6.45, 7) is 1.80. The van der Waals surface area contributed by atoms with E-state index in [2.05, 4.69) is 16.0 Å². The second-order valence-corrected chi connectivity index (χ2v) is 6.62. The largest absolute Gasteiger partial charge is 0.351 e. The van der Waals surface area contributed by atoms with Gasteiger partial charge in [-0.3, -0.25) is 14.4 Å². The molecule has 0 unspecified atom stereocenters. The summed E-state index contributed by atoms with van der Waals surface area (Å²) in [5, 5.41) is 10.3. The van der Waals surface area contributed by atoms with E-state index in [1.54, 1.807) is 24.3 Å². The lowest BCUT2D eigenvalue weighted by Gasteiger charge is -2.10. The van der Waals surface area contributed by atoms with Crippen molar-refractivity contribution in [2.45, 2.75) is 19.8 Å². The van der Waals surface area contributed by atoms with Gasteiger partial charge in [0, 0.05) is 25.6 Å². The summed E-state index contributed by atoms with van der Waals surface area (Å²) in [5.74, 6) is -0.554. The van der Waals surface area contributed by atoms with Gasteiger partial charge in [-0.25, -0.2) is 0 Å². The number of carbonyl (C=O) groups excluding carboxylic acids is 3. The molecular formula is C17H18ClN3O3S. The van der Waals surface area contributed by atoms with Crippen LogP contribution in [0.25, 0.3) is 0 Å². The third kappa shape index (κ3) is 6.21. The third-order valence-electron chi connectivity index (χ3n) is 3.17. The van der Waals surface area contributed by atoms with Crippen LogP contribution < -0.4 is 16.0 Å². The summed E-state index contributed by atoms with van der Waals surface area (Å²) >= 11 is 7.36. The Bertz CT molecular complexity index is 763. The molecule has 132 valence electrons. The maximum Gasteiger partial charge on any atom is 0.261 e. The molecule has 3 amide bonds. The molecule has 0 aliphatic heterocycles. The number of anilines is 2. The van der Waals surface area contributed by atoms with Gasteiger partial charge < -0.3 is 16.0 Å². The molecule has 1 heterocycles. The third-order valence-corrected chi connectivity index (χ3v) is 4.37. The molecule has 6 nitrogen and oxygen atoms in total. The second-order valence-electron chi connectivity index (χ2n) is 5.26. The van der Waals surface area contributed by atoms with Crippen LogP contribution in [0.2, 0.25) is 5.02 Å². The summed E-state index contributed by atoms with van der Waals surface area (Å²) in [4.78, 5) is 35.5. The van der Waals surface area contributed by atoms with E-state index in [0.29, 0.717) is 34.2 Å². The Kier molecular flexibility index (Phi) is 6.97. The molecule has 0 spiro atoms. The Hall–Kier alpha value is -2.38. The highest BCUT2D eigenvalue weighted by atomic mass is 35.5. The quantitative estimate of drug-likeness (QED) is 0.643. The van der Waals surface area contributed by atoms with Gasteiger partial charge in [0.1, 0.15) is 0 Å². The maximum atomic E-state index is 12.0. The van der Waals surface area contributed by atoms with Crippen LogP contribution in [0.5, 0.6) is 0 Å². The number of benzene rings is 1. The van der Waals surface area contributed by atoms with E-state index in [0.717, 1.165) is 0 Å². The van der Waals surface area contributed by atoms with Crippen LogP contribution in [0.4, 0.5) is 11.4 Å². The van der Waals surface area contributed by atoms with Crippen molar-refractivity contribution in [2.24, 2.45) is 0 Å². The second kappa shape index (κ2) is 9.19. The molecule has 25 heavy (non-hydrogen) atoms. The predicted octanol–water partition coefficient (Wildman–Crippen LogP) is 3.51. The maximum absolute atomic E-state index is 12.0. The smallest absolute Gasteiger partial charge is 0.261 e. The van der Waals surface area contributed by atoms with Crippen LogP contribution in [0.1, 0.15) is 29.4 Å². The number of amides is 3. The molecule has 0 atom stereocenters. The summed E-state index contributed by atoms with van der Waals surface area (Å²) in [5.41, 5.74) is 0.982. The average Bonchev–Trinajstić information content (AvgIpc) is 3.08. The van der Waals surface area contributed by atoms with E-state index in [-0.39, 0.29) is 24.1 Å². The fraction of sp³-hybridized carbons (Fsp3) is 0.235. The number of hydrogen-bond donors (Lipinski definition) is 3. The molecule has 0 fully saturated rings. The standard InChI is InChI=1S/C17H18ClN3O3S/c1-11(22)20-14-10-12(6-7-13(14)18)21-16(23)5-2-8-19-17(24)15-4-3-9-25-15/h3-4,6-7,9-10H,2,5,8H2,1H3,(H,19,24)(H,20,22)(H,21,23). The van der Waals surface area contributed by atoms with Crippen molar-refractivity contribution in [1.29, 1.82) is 0 Å². The van der Waals surface area contributed by atoms with Crippen molar-refractivity contribution in [3.63, 3.8) is 0 Å². The minimum absolute atomic E-state index is 0.131. The zero-order chi connectivity index (χ0) is 18.2. The number of hydrogen-bond acceptors (Lipinski definition) is 4. The van der Waals surface area contributed by atoms with Crippen LogP contribution in [0.15, 0.2) is 35.7 Å². The lowest BCUT2D eigenvalue weighted by Crippen LogP contribution is -2.24. The first-order valence-electron chi connectivity index (χ1n) is 7.64. The minimum Gasteiger partial charge on any atom is -0.351 e. The topological polar surface area (TPSA) is 87.3 Å². The number of halogens is 1. The van der Waals surface area contributed by atoms with E-state index in [4.69, 9.17) is 11.6 Å². The molecule has 0 aliphatic rings. The van der Waals surface area contributed by atoms with E-state index in [9.17, 15) is 14.4 Å². The summed E-state index contributed by atoms with van der Waals surface area (Å²) in [6.07, 6.45) is 0.790. The summed E-state index contributed by atoms with van der Waals surface area (Å²) in [6, 6.07) is 8.42. The first kappa shape index (κ1) is 19.0. The van der Waals surface area contributed by atoms with Crippen molar-refractivity contribution in [2.75, 3.05) is 17.2 Å². The highest BCUT2D eigenvalue weighted by Crippen LogP contribution is 2.25. The Balaban J connectivity index is 1.76. The van der Waals surface area contributed by atoms with E-state index >= 15 is 0 Å². The molecule has 1 aromatic heterocycles. The van der Waals surface area contributed by atoms with Crippen LogP contribution >= 0.6 is 22.9 Å². The van der Waals surface area contributed by atoms with Gasteiger partial charge >= 0.3 is 0 Å². The van der Waals surface area contributed by atoms with Gasteiger partial charge in [0.15, 0.2) is 0 Å². The molecule has 1 aromatic carbocycles.